The predicted molar refractivity (Wildman–Crippen MR) is 94.6 cm³/mol. The zero-order valence-corrected chi connectivity index (χ0v) is 14.6. The molecule has 0 spiro atoms. The number of carbonyl (C=O) groups excluding carboxylic acids is 1. The van der Waals surface area contributed by atoms with Crippen LogP contribution in [0.15, 0.2) is 24.3 Å². The van der Waals surface area contributed by atoms with E-state index in [2.05, 4.69) is 12.2 Å². The van der Waals surface area contributed by atoms with E-state index in [1.165, 1.54) is 12.8 Å². The highest BCUT2D eigenvalue weighted by Gasteiger charge is 2.31. The lowest BCUT2D eigenvalue weighted by Gasteiger charge is -2.24. The number of ether oxygens (including phenoxy) is 1. The molecule has 4 nitrogen and oxygen atoms in total. The number of rotatable bonds is 5. The first kappa shape index (κ1) is 18.1. The van der Waals surface area contributed by atoms with Crippen LogP contribution in [0.2, 0.25) is 0 Å². The lowest BCUT2D eigenvalue weighted by atomic mass is 10.1. The zero-order valence-electron chi connectivity index (χ0n) is 13.8. The molecule has 1 amide bonds. The number of likely N-dealkylation sites (tertiary alicyclic amines) is 1. The third kappa shape index (κ3) is 4.61. The number of amides is 1. The fourth-order valence-electron chi connectivity index (χ4n) is 3.34. The maximum absolute atomic E-state index is 12.7. The first-order valence-electron chi connectivity index (χ1n) is 8.54. The number of benzene rings is 1. The predicted octanol–water partition coefficient (Wildman–Crippen LogP) is 3.25. The van der Waals surface area contributed by atoms with E-state index in [-0.39, 0.29) is 18.3 Å². The fourth-order valence-corrected chi connectivity index (χ4v) is 3.34. The Morgan fingerprint density at radius 2 is 1.96 bits per heavy atom. The number of nitrogens with one attached hydrogen (secondary N) is 1. The van der Waals surface area contributed by atoms with Gasteiger partial charge in [-0.15, -0.1) is 12.4 Å². The van der Waals surface area contributed by atoms with Crippen molar-refractivity contribution in [2.45, 2.75) is 51.1 Å². The Morgan fingerprint density at radius 1 is 1.22 bits per heavy atom. The van der Waals surface area contributed by atoms with Gasteiger partial charge in [0.25, 0.3) is 5.91 Å². The molecule has 2 unspecified atom stereocenters. The van der Waals surface area contributed by atoms with Crippen LogP contribution in [0, 0.1) is 0 Å². The highest BCUT2D eigenvalue weighted by atomic mass is 35.5. The maximum atomic E-state index is 12.7. The van der Waals surface area contributed by atoms with Crippen LogP contribution >= 0.6 is 12.4 Å². The van der Waals surface area contributed by atoms with Gasteiger partial charge in [-0.3, -0.25) is 4.79 Å². The molecule has 3 rings (SSSR count). The summed E-state index contributed by atoms with van der Waals surface area (Å²) in [5, 5.41) is 3.61. The van der Waals surface area contributed by atoms with Crippen molar-refractivity contribution in [1.82, 2.24) is 10.2 Å². The average Bonchev–Trinajstić information content (AvgIpc) is 2.87. The molecule has 2 aliphatic rings. The summed E-state index contributed by atoms with van der Waals surface area (Å²) >= 11 is 0. The maximum Gasteiger partial charge on any atom is 0.253 e. The van der Waals surface area contributed by atoms with Crippen LogP contribution in [-0.4, -0.2) is 42.6 Å². The molecule has 0 aromatic heterocycles. The molecule has 0 aliphatic carbocycles. The third-order valence-corrected chi connectivity index (χ3v) is 4.68. The summed E-state index contributed by atoms with van der Waals surface area (Å²) < 4.78 is 5.65. The normalized spacial score (nSPS) is 23.1. The largest absolute Gasteiger partial charge is 0.494 e. The average molecular weight is 339 g/mol. The minimum absolute atomic E-state index is 0. The van der Waals surface area contributed by atoms with Crippen LogP contribution in [0.3, 0.4) is 0 Å². The van der Waals surface area contributed by atoms with Crippen molar-refractivity contribution in [3.8, 4) is 5.75 Å². The Bertz CT molecular complexity index is 506. The summed E-state index contributed by atoms with van der Waals surface area (Å²) in [6, 6.07) is 8.68. The van der Waals surface area contributed by atoms with Gasteiger partial charge >= 0.3 is 0 Å². The molecule has 2 bridgehead atoms. The number of hydrogen-bond donors (Lipinski definition) is 1. The van der Waals surface area contributed by atoms with Crippen LogP contribution in [0.1, 0.15) is 49.4 Å². The summed E-state index contributed by atoms with van der Waals surface area (Å²) in [4.78, 5) is 14.7. The lowest BCUT2D eigenvalue weighted by molar-refractivity contribution is 0.0748. The summed E-state index contributed by atoms with van der Waals surface area (Å²) in [7, 11) is 0. The van der Waals surface area contributed by atoms with Crippen LogP contribution in [-0.2, 0) is 0 Å². The molecule has 128 valence electrons. The zero-order chi connectivity index (χ0) is 15.4. The van der Waals surface area contributed by atoms with Crippen LogP contribution in [0.5, 0.6) is 5.75 Å². The van der Waals surface area contributed by atoms with E-state index in [0.29, 0.717) is 12.1 Å². The molecule has 1 aromatic carbocycles. The van der Waals surface area contributed by atoms with Crippen molar-refractivity contribution in [3.63, 3.8) is 0 Å². The van der Waals surface area contributed by atoms with Gasteiger partial charge in [-0.1, -0.05) is 13.3 Å². The van der Waals surface area contributed by atoms with E-state index < -0.39 is 0 Å². The standard InChI is InChI=1S/C18H26N2O2.ClH/c1-2-3-12-22-17-8-4-14(5-9-17)18(21)20-11-10-15-6-7-16(13-20)19-15;/h4-5,8-9,15-16,19H,2-3,6-7,10-13H2,1H3;1H. The molecule has 2 aliphatic heterocycles. The highest BCUT2D eigenvalue weighted by Crippen LogP contribution is 2.22. The van der Waals surface area contributed by atoms with E-state index >= 15 is 0 Å². The van der Waals surface area contributed by atoms with Crippen molar-refractivity contribution < 1.29 is 9.53 Å². The Balaban J connectivity index is 0.00000192. The molecule has 2 atom stereocenters. The van der Waals surface area contributed by atoms with Crippen molar-refractivity contribution >= 4 is 18.3 Å². The summed E-state index contributed by atoms with van der Waals surface area (Å²) in [5.74, 6) is 0.996. The Kier molecular flexibility index (Phi) is 6.72. The van der Waals surface area contributed by atoms with Gasteiger partial charge in [-0.25, -0.2) is 0 Å². The first-order valence-corrected chi connectivity index (χ1v) is 8.54. The van der Waals surface area contributed by atoms with E-state index in [1.54, 1.807) is 0 Å². The molecular formula is C18H27ClN2O2. The number of carbonyl (C=O) groups is 1. The van der Waals surface area contributed by atoms with Crippen LogP contribution in [0.4, 0.5) is 0 Å². The first-order chi connectivity index (χ1) is 10.8. The highest BCUT2D eigenvalue weighted by molar-refractivity contribution is 5.94. The van der Waals surface area contributed by atoms with Gasteiger partial charge in [0.05, 0.1) is 6.61 Å². The second-order valence-electron chi connectivity index (χ2n) is 6.40. The molecule has 2 heterocycles. The number of halogens is 1. The number of hydrogen-bond acceptors (Lipinski definition) is 3. The molecule has 2 saturated heterocycles. The number of unbranched alkanes of at least 4 members (excludes halogenated alkanes) is 1. The van der Waals surface area contributed by atoms with Gasteiger partial charge in [-0.05, 0) is 49.9 Å². The van der Waals surface area contributed by atoms with Crippen LogP contribution in [0.25, 0.3) is 0 Å². The van der Waals surface area contributed by atoms with Gasteiger partial charge in [0.15, 0.2) is 0 Å². The molecule has 5 heteroatoms. The fraction of sp³-hybridized carbons (Fsp3) is 0.611. The Morgan fingerprint density at radius 3 is 2.70 bits per heavy atom. The topological polar surface area (TPSA) is 41.6 Å². The summed E-state index contributed by atoms with van der Waals surface area (Å²) in [5.41, 5.74) is 0.764. The molecule has 0 saturated carbocycles. The minimum Gasteiger partial charge on any atom is -0.494 e. The summed E-state index contributed by atoms with van der Waals surface area (Å²) in [6.45, 7) is 4.59. The van der Waals surface area contributed by atoms with Crippen molar-refractivity contribution in [2.24, 2.45) is 0 Å². The second-order valence-corrected chi connectivity index (χ2v) is 6.40. The SMILES string of the molecule is CCCCOc1ccc(C(=O)N2CCC3CCC(C2)N3)cc1.Cl. The van der Waals surface area contributed by atoms with Gasteiger partial charge in [0, 0.05) is 30.7 Å². The van der Waals surface area contributed by atoms with Crippen molar-refractivity contribution in [3.05, 3.63) is 29.8 Å². The number of nitrogens with zero attached hydrogens (tertiary/aromatic N) is 1. The molecule has 2 fully saturated rings. The van der Waals surface area contributed by atoms with Gasteiger partial charge in [0.2, 0.25) is 0 Å². The molecule has 0 radical (unpaired) electrons. The Labute approximate surface area is 145 Å². The molecule has 1 aromatic rings. The van der Waals surface area contributed by atoms with Gasteiger partial charge < -0.3 is 15.0 Å². The Hall–Kier alpha value is -1.26. The van der Waals surface area contributed by atoms with E-state index in [1.807, 2.05) is 29.2 Å². The van der Waals surface area contributed by atoms with E-state index in [4.69, 9.17) is 4.74 Å². The smallest absolute Gasteiger partial charge is 0.253 e. The molecule has 23 heavy (non-hydrogen) atoms. The van der Waals surface area contributed by atoms with E-state index in [9.17, 15) is 4.79 Å². The van der Waals surface area contributed by atoms with Crippen molar-refractivity contribution in [2.75, 3.05) is 19.7 Å². The monoisotopic (exact) mass is 338 g/mol. The molecular weight excluding hydrogens is 312 g/mol. The quantitative estimate of drug-likeness (QED) is 0.838. The van der Waals surface area contributed by atoms with Crippen molar-refractivity contribution in [1.29, 1.82) is 0 Å². The molecule has 1 N–H and O–H groups in total. The number of fused-ring (bicyclic) bond motifs is 2. The third-order valence-electron chi connectivity index (χ3n) is 4.68. The van der Waals surface area contributed by atoms with Crippen LogP contribution < -0.4 is 10.1 Å². The lowest BCUT2D eigenvalue weighted by Crippen LogP contribution is -2.39. The minimum atomic E-state index is 0. The second kappa shape index (κ2) is 8.55. The summed E-state index contributed by atoms with van der Waals surface area (Å²) in [6.07, 6.45) is 5.71. The van der Waals surface area contributed by atoms with Gasteiger partial charge in [0.1, 0.15) is 5.75 Å². The van der Waals surface area contributed by atoms with E-state index in [0.717, 1.165) is 50.3 Å². The van der Waals surface area contributed by atoms with Gasteiger partial charge in [-0.2, -0.15) is 0 Å².